The third-order valence-electron chi connectivity index (χ3n) is 5.17. The third-order valence-corrected chi connectivity index (χ3v) is 5.17. The van der Waals surface area contributed by atoms with Crippen LogP contribution in [-0.2, 0) is 0 Å². The normalized spacial score (nSPS) is 47.3. The minimum atomic E-state index is -0.0363. The number of aliphatic hydroxyl groups is 1. The SMILES string of the molecule is C=C[C@@H](C)[C@H]1CC[C@H]2[C@@H](O)CCC[C@]12C. The summed E-state index contributed by atoms with van der Waals surface area (Å²) < 4.78 is 0. The van der Waals surface area contributed by atoms with Gasteiger partial charge in [0.1, 0.15) is 0 Å². The summed E-state index contributed by atoms with van der Waals surface area (Å²) in [5.41, 5.74) is 0.380. The van der Waals surface area contributed by atoms with Crippen molar-refractivity contribution in [2.45, 2.75) is 52.1 Å². The molecule has 86 valence electrons. The summed E-state index contributed by atoms with van der Waals surface area (Å²) in [6.07, 6.45) is 8.10. The lowest BCUT2D eigenvalue weighted by atomic mass is 9.62. The number of allylic oxidation sites excluding steroid dienone is 1. The Morgan fingerprint density at radius 1 is 1.40 bits per heavy atom. The smallest absolute Gasteiger partial charge is 0.0573 e. The van der Waals surface area contributed by atoms with Crippen LogP contribution in [0.15, 0.2) is 12.7 Å². The van der Waals surface area contributed by atoms with E-state index >= 15 is 0 Å². The highest BCUT2D eigenvalue weighted by atomic mass is 16.3. The molecule has 0 aromatic heterocycles. The summed E-state index contributed by atoms with van der Waals surface area (Å²) in [6.45, 7) is 8.61. The van der Waals surface area contributed by atoms with Crippen molar-refractivity contribution < 1.29 is 5.11 Å². The van der Waals surface area contributed by atoms with Crippen molar-refractivity contribution >= 4 is 0 Å². The van der Waals surface area contributed by atoms with Gasteiger partial charge in [-0.05, 0) is 48.9 Å². The highest BCUT2D eigenvalue weighted by Crippen LogP contribution is 2.57. The van der Waals surface area contributed by atoms with Gasteiger partial charge in [-0.1, -0.05) is 26.3 Å². The molecular weight excluding hydrogens is 184 g/mol. The van der Waals surface area contributed by atoms with E-state index in [1.807, 2.05) is 0 Å². The Morgan fingerprint density at radius 3 is 2.80 bits per heavy atom. The van der Waals surface area contributed by atoms with E-state index in [0.717, 1.165) is 12.3 Å². The summed E-state index contributed by atoms with van der Waals surface area (Å²) in [5, 5.41) is 10.1. The summed E-state index contributed by atoms with van der Waals surface area (Å²) in [6, 6.07) is 0. The van der Waals surface area contributed by atoms with E-state index in [2.05, 4.69) is 26.5 Å². The Kier molecular flexibility index (Phi) is 2.94. The fourth-order valence-electron chi connectivity index (χ4n) is 4.22. The standard InChI is InChI=1S/C14H24O/c1-4-10(2)11-7-8-12-13(15)6-5-9-14(11,12)3/h4,10-13,15H,1,5-9H2,2-3H3/t10-,11-,12+,13+,14-/m1/s1. The van der Waals surface area contributed by atoms with Gasteiger partial charge in [-0.3, -0.25) is 0 Å². The van der Waals surface area contributed by atoms with E-state index in [1.165, 1.54) is 25.7 Å². The van der Waals surface area contributed by atoms with Gasteiger partial charge in [0.05, 0.1) is 6.10 Å². The van der Waals surface area contributed by atoms with E-state index in [1.54, 1.807) is 0 Å². The second-order valence-electron chi connectivity index (χ2n) is 5.85. The zero-order valence-corrected chi connectivity index (χ0v) is 10.1. The van der Waals surface area contributed by atoms with Gasteiger partial charge in [0, 0.05) is 0 Å². The fourth-order valence-corrected chi connectivity index (χ4v) is 4.22. The molecule has 5 atom stereocenters. The maximum atomic E-state index is 10.1. The van der Waals surface area contributed by atoms with Crippen molar-refractivity contribution in [3.05, 3.63) is 12.7 Å². The molecule has 2 aliphatic carbocycles. The van der Waals surface area contributed by atoms with Gasteiger partial charge >= 0.3 is 0 Å². The van der Waals surface area contributed by atoms with Crippen LogP contribution in [0.2, 0.25) is 0 Å². The molecule has 1 heteroatoms. The van der Waals surface area contributed by atoms with Gasteiger partial charge in [0.15, 0.2) is 0 Å². The van der Waals surface area contributed by atoms with Gasteiger partial charge < -0.3 is 5.11 Å². The number of fused-ring (bicyclic) bond motifs is 1. The van der Waals surface area contributed by atoms with Crippen molar-refractivity contribution in [2.24, 2.45) is 23.2 Å². The van der Waals surface area contributed by atoms with Gasteiger partial charge in [0.25, 0.3) is 0 Å². The number of hydrogen-bond donors (Lipinski definition) is 1. The summed E-state index contributed by atoms with van der Waals surface area (Å²) >= 11 is 0. The van der Waals surface area contributed by atoms with E-state index in [9.17, 15) is 5.11 Å². The van der Waals surface area contributed by atoms with Gasteiger partial charge in [-0.15, -0.1) is 6.58 Å². The van der Waals surface area contributed by atoms with Crippen molar-refractivity contribution in [3.63, 3.8) is 0 Å². The molecule has 0 unspecified atom stereocenters. The summed E-state index contributed by atoms with van der Waals surface area (Å²) in [7, 11) is 0. The molecule has 0 aromatic carbocycles. The van der Waals surface area contributed by atoms with E-state index in [0.29, 0.717) is 17.3 Å². The Bertz CT molecular complexity index is 248. The third kappa shape index (κ3) is 1.65. The van der Waals surface area contributed by atoms with Gasteiger partial charge in [0.2, 0.25) is 0 Å². The average molecular weight is 208 g/mol. The van der Waals surface area contributed by atoms with Crippen LogP contribution in [0.5, 0.6) is 0 Å². The van der Waals surface area contributed by atoms with Crippen LogP contribution in [0.25, 0.3) is 0 Å². The molecule has 15 heavy (non-hydrogen) atoms. The Balaban J connectivity index is 2.20. The topological polar surface area (TPSA) is 20.2 Å². The number of rotatable bonds is 2. The van der Waals surface area contributed by atoms with Crippen molar-refractivity contribution in [3.8, 4) is 0 Å². The molecule has 2 saturated carbocycles. The van der Waals surface area contributed by atoms with E-state index in [-0.39, 0.29) is 6.10 Å². The molecule has 0 aliphatic heterocycles. The minimum absolute atomic E-state index is 0.0363. The molecule has 0 heterocycles. The van der Waals surface area contributed by atoms with Crippen LogP contribution in [-0.4, -0.2) is 11.2 Å². The molecule has 1 N–H and O–H groups in total. The van der Waals surface area contributed by atoms with Gasteiger partial charge in [-0.25, -0.2) is 0 Å². The minimum Gasteiger partial charge on any atom is -0.393 e. The predicted octanol–water partition coefficient (Wildman–Crippen LogP) is 3.39. The largest absolute Gasteiger partial charge is 0.393 e. The molecule has 2 rings (SSSR count). The lowest BCUT2D eigenvalue weighted by Gasteiger charge is -2.44. The maximum Gasteiger partial charge on any atom is 0.0573 e. The van der Waals surface area contributed by atoms with E-state index < -0.39 is 0 Å². The lowest BCUT2D eigenvalue weighted by Crippen LogP contribution is -2.41. The zero-order valence-electron chi connectivity index (χ0n) is 10.1. The van der Waals surface area contributed by atoms with Crippen LogP contribution in [0.4, 0.5) is 0 Å². The predicted molar refractivity (Wildman–Crippen MR) is 63.5 cm³/mol. The molecule has 2 aliphatic rings. The first-order valence-electron chi connectivity index (χ1n) is 6.40. The Labute approximate surface area is 93.6 Å². The van der Waals surface area contributed by atoms with Crippen LogP contribution < -0.4 is 0 Å². The molecule has 0 spiro atoms. The fraction of sp³-hybridized carbons (Fsp3) is 0.857. The highest BCUT2D eigenvalue weighted by Gasteiger charge is 2.51. The average Bonchev–Trinajstić information content (AvgIpc) is 2.56. The zero-order chi connectivity index (χ0) is 11.1. The molecule has 1 nitrogen and oxygen atoms in total. The van der Waals surface area contributed by atoms with Crippen LogP contribution >= 0.6 is 0 Å². The molecule has 0 aromatic rings. The molecular formula is C14H24O. The van der Waals surface area contributed by atoms with Crippen molar-refractivity contribution in [2.75, 3.05) is 0 Å². The van der Waals surface area contributed by atoms with Crippen LogP contribution in [0.1, 0.15) is 46.0 Å². The molecule has 0 amide bonds. The Morgan fingerprint density at radius 2 is 2.13 bits per heavy atom. The monoisotopic (exact) mass is 208 g/mol. The molecule has 0 saturated heterocycles. The summed E-state index contributed by atoms with van der Waals surface area (Å²) in [4.78, 5) is 0. The number of aliphatic hydroxyl groups excluding tert-OH is 1. The van der Waals surface area contributed by atoms with Crippen molar-refractivity contribution in [1.29, 1.82) is 0 Å². The second kappa shape index (κ2) is 3.93. The number of hydrogen-bond acceptors (Lipinski definition) is 1. The quantitative estimate of drug-likeness (QED) is 0.690. The first-order valence-corrected chi connectivity index (χ1v) is 6.40. The van der Waals surface area contributed by atoms with Crippen molar-refractivity contribution in [1.82, 2.24) is 0 Å². The molecule has 0 radical (unpaired) electrons. The maximum absolute atomic E-state index is 10.1. The van der Waals surface area contributed by atoms with Crippen LogP contribution in [0, 0.1) is 23.2 Å². The first-order chi connectivity index (χ1) is 7.09. The second-order valence-corrected chi connectivity index (χ2v) is 5.85. The molecule has 2 fully saturated rings. The lowest BCUT2D eigenvalue weighted by molar-refractivity contribution is -0.0231. The van der Waals surface area contributed by atoms with Crippen LogP contribution in [0.3, 0.4) is 0 Å². The molecule has 0 bridgehead atoms. The van der Waals surface area contributed by atoms with E-state index in [4.69, 9.17) is 0 Å². The summed E-state index contributed by atoms with van der Waals surface area (Å²) in [5.74, 6) is 1.90. The highest BCUT2D eigenvalue weighted by molar-refractivity contribution is 5.03. The first kappa shape index (κ1) is 11.2. The Hall–Kier alpha value is -0.300. The van der Waals surface area contributed by atoms with Gasteiger partial charge in [-0.2, -0.15) is 0 Å².